The van der Waals surface area contributed by atoms with Crippen molar-refractivity contribution in [3.05, 3.63) is 18.4 Å². The van der Waals surface area contributed by atoms with E-state index >= 15 is 0 Å². The van der Waals surface area contributed by atoms with E-state index in [4.69, 9.17) is 19.6 Å². The van der Waals surface area contributed by atoms with Crippen LogP contribution in [0.25, 0.3) is 0 Å². The number of carboxylic acid groups (broad SMARTS) is 2. The normalized spacial score (nSPS) is 7.61. The van der Waals surface area contributed by atoms with Crippen LogP contribution in [0.2, 0.25) is 0 Å². The zero-order valence-corrected chi connectivity index (χ0v) is 14.1. The van der Waals surface area contributed by atoms with Crippen LogP contribution in [0, 0.1) is 0 Å². The molecule has 1 aromatic rings. The Morgan fingerprint density at radius 2 is 1.78 bits per heavy atom. The van der Waals surface area contributed by atoms with Gasteiger partial charge in [0.05, 0.1) is 6.26 Å². The third-order valence-corrected chi connectivity index (χ3v) is 1.06. The maximum Gasteiger partial charge on any atom is 2.00 e. The number of furan rings is 1. The van der Waals surface area contributed by atoms with E-state index in [1.807, 2.05) is 0 Å². The summed E-state index contributed by atoms with van der Waals surface area (Å²) in [7, 11) is -4.44. The molecule has 3 N–H and O–H groups in total. The van der Waals surface area contributed by atoms with Gasteiger partial charge in [0, 0.05) is 6.07 Å². The van der Waals surface area contributed by atoms with Crippen LogP contribution >= 0.6 is 0 Å². The SMILES string of the molecule is O.O=C([O-])[O-].O=S(=O)(O)Oc1ccco1.[Ca+2].[F-].[Na+]. The largest absolute Gasteiger partial charge is 2.00 e. The number of halogens is 1. The smallest absolute Gasteiger partial charge is 1.00 e. The summed E-state index contributed by atoms with van der Waals surface area (Å²) in [6.07, 6.45) is -1.11. The summed E-state index contributed by atoms with van der Waals surface area (Å²) >= 11 is 0. The molecule has 1 aromatic heterocycles. The van der Waals surface area contributed by atoms with Crippen LogP contribution in [0.15, 0.2) is 22.8 Å². The van der Waals surface area contributed by atoms with Gasteiger partial charge in [0.2, 0.25) is 0 Å². The average molecular weight is 324 g/mol. The molecule has 0 atom stereocenters. The van der Waals surface area contributed by atoms with Crippen LogP contribution in [0.1, 0.15) is 0 Å². The maximum atomic E-state index is 9.97. The Hall–Kier alpha value is 0.410. The van der Waals surface area contributed by atoms with E-state index in [1.54, 1.807) is 0 Å². The van der Waals surface area contributed by atoms with Gasteiger partial charge in [0.25, 0.3) is 0 Å². The minimum atomic E-state index is -4.44. The minimum Gasteiger partial charge on any atom is -1.00 e. The second kappa shape index (κ2) is 15.5. The molecule has 0 aliphatic heterocycles. The van der Waals surface area contributed by atoms with Gasteiger partial charge in [-0.25, -0.2) is 0 Å². The minimum absolute atomic E-state index is 0. The van der Waals surface area contributed by atoms with Crippen molar-refractivity contribution >= 4 is 54.3 Å². The second-order valence-corrected chi connectivity index (χ2v) is 2.72. The van der Waals surface area contributed by atoms with E-state index < -0.39 is 16.6 Å². The monoisotopic (exact) mass is 324 g/mol. The molecular formula is C5H6CaFNaO9S. The molecule has 13 heteroatoms. The molecule has 0 fully saturated rings. The summed E-state index contributed by atoms with van der Waals surface area (Å²) in [6, 6.07) is 2.69. The van der Waals surface area contributed by atoms with Crippen molar-refractivity contribution in [2.24, 2.45) is 0 Å². The predicted octanol–water partition coefficient (Wildman–Crippen LogP) is -9.18. The molecule has 0 radical (unpaired) electrons. The van der Waals surface area contributed by atoms with Gasteiger partial charge in [-0.15, -0.1) is 0 Å². The molecule has 96 valence electrons. The van der Waals surface area contributed by atoms with Crippen molar-refractivity contribution in [2.45, 2.75) is 0 Å². The summed E-state index contributed by atoms with van der Waals surface area (Å²) in [5.41, 5.74) is 0. The van der Waals surface area contributed by atoms with Crippen molar-refractivity contribution in [1.82, 2.24) is 0 Å². The molecule has 0 aromatic carbocycles. The molecule has 0 saturated heterocycles. The number of hydrogen-bond acceptors (Lipinski definition) is 7. The number of carbonyl (C=O) groups is 1. The summed E-state index contributed by atoms with van der Waals surface area (Å²) in [5, 5.41) is 16.7. The van der Waals surface area contributed by atoms with E-state index in [9.17, 15) is 8.42 Å². The Labute approximate surface area is 153 Å². The fraction of sp³-hybridized carbons (Fsp3) is 0. The van der Waals surface area contributed by atoms with E-state index in [0.717, 1.165) is 0 Å². The number of rotatable bonds is 2. The quantitative estimate of drug-likeness (QED) is 0.412. The average Bonchev–Trinajstić information content (AvgIpc) is 2.33. The van der Waals surface area contributed by atoms with Gasteiger partial charge in [-0.3, -0.25) is 4.55 Å². The van der Waals surface area contributed by atoms with E-state index in [-0.39, 0.29) is 83.4 Å². The molecule has 0 spiro atoms. The summed E-state index contributed by atoms with van der Waals surface area (Å²) in [5.74, 6) is -0.262. The molecule has 9 nitrogen and oxygen atoms in total. The second-order valence-electron chi connectivity index (χ2n) is 1.69. The fourth-order valence-electron chi connectivity index (χ4n) is 0.415. The zero-order chi connectivity index (χ0) is 11.2. The molecule has 0 amide bonds. The Morgan fingerprint density at radius 3 is 2.00 bits per heavy atom. The fourth-order valence-corrected chi connectivity index (χ4v) is 0.717. The first-order valence-corrected chi connectivity index (χ1v) is 4.26. The van der Waals surface area contributed by atoms with Crippen LogP contribution in [0.5, 0.6) is 5.95 Å². The Morgan fingerprint density at radius 1 is 1.39 bits per heavy atom. The molecule has 0 aliphatic rings. The first kappa shape index (κ1) is 31.0. The Balaban J connectivity index is -0.0000000635. The van der Waals surface area contributed by atoms with Crippen molar-refractivity contribution in [3.63, 3.8) is 0 Å². The Bertz CT molecular complexity index is 376. The third-order valence-electron chi connectivity index (χ3n) is 0.683. The molecule has 0 saturated carbocycles. The maximum absolute atomic E-state index is 9.97. The van der Waals surface area contributed by atoms with Crippen LogP contribution in [0.3, 0.4) is 0 Å². The van der Waals surface area contributed by atoms with E-state index in [1.165, 1.54) is 18.4 Å². The van der Waals surface area contributed by atoms with Gasteiger partial charge in [-0.1, -0.05) is 0 Å². The molecule has 1 heterocycles. The topological polar surface area (TPSA) is 171 Å². The van der Waals surface area contributed by atoms with E-state index in [0.29, 0.717) is 0 Å². The van der Waals surface area contributed by atoms with Gasteiger partial charge in [-0.2, -0.15) is 8.42 Å². The summed E-state index contributed by atoms with van der Waals surface area (Å²) in [4.78, 5) is 8.33. The first-order chi connectivity index (χ1) is 6.31. The summed E-state index contributed by atoms with van der Waals surface area (Å²) in [6.45, 7) is 0. The third kappa shape index (κ3) is 25.3. The van der Waals surface area contributed by atoms with Crippen molar-refractivity contribution in [3.8, 4) is 5.95 Å². The van der Waals surface area contributed by atoms with Crippen molar-refractivity contribution < 1.29 is 76.3 Å². The van der Waals surface area contributed by atoms with Gasteiger partial charge >= 0.3 is 83.6 Å². The van der Waals surface area contributed by atoms with Crippen LogP contribution < -0.4 is 48.7 Å². The molecule has 0 unspecified atom stereocenters. The van der Waals surface area contributed by atoms with Gasteiger partial charge < -0.3 is 33.8 Å². The van der Waals surface area contributed by atoms with Gasteiger partial charge in [0.15, 0.2) is 0 Å². The summed E-state index contributed by atoms with van der Waals surface area (Å²) < 4.78 is 36.4. The van der Waals surface area contributed by atoms with Gasteiger partial charge in [-0.05, 0) is 12.2 Å². The molecular weight excluding hydrogens is 318 g/mol. The predicted molar refractivity (Wildman–Crippen MR) is 45.6 cm³/mol. The van der Waals surface area contributed by atoms with Crippen LogP contribution in [-0.2, 0) is 10.4 Å². The molecule has 18 heavy (non-hydrogen) atoms. The van der Waals surface area contributed by atoms with Crippen LogP contribution in [0.4, 0.5) is 4.79 Å². The molecule has 0 aliphatic carbocycles. The molecule has 0 bridgehead atoms. The van der Waals surface area contributed by atoms with Crippen molar-refractivity contribution in [1.29, 1.82) is 0 Å². The van der Waals surface area contributed by atoms with Crippen LogP contribution in [-0.4, -0.2) is 62.3 Å². The molecule has 1 rings (SSSR count). The standard InChI is InChI=1S/C4H4O5S.CH2O3.Ca.FH.Na.H2O/c5-10(6,7)9-4-2-1-3-8-4;2-1(3)4;;;;/h1-3H,(H,5,6,7);(H2,2,3,4);;1H;;1H2/q;;+2;;+1;/p-3. The Kier molecular flexibility index (Phi) is 26.7. The van der Waals surface area contributed by atoms with E-state index in [2.05, 4.69) is 8.60 Å². The van der Waals surface area contributed by atoms with Crippen molar-refractivity contribution in [2.75, 3.05) is 0 Å². The number of carbonyl (C=O) groups excluding carboxylic acids is 1. The van der Waals surface area contributed by atoms with Gasteiger partial charge in [0.1, 0.15) is 0 Å². The number of hydrogen-bond donors (Lipinski definition) is 1. The zero-order valence-electron chi connectivity index (χ0n) is 9.03. The first-order valence-electron chi connectivity index (χ1n) is 2.89.